The fourth-order valence-electron chi connectivity index (χ4n) is 4.70. The van der Waals surface area contributed by atoms with Crippen molar-refractivity contribution < 1.29 is 42.9 Å². The average Bonchev–Trinajstić information content (AvgIpc) is 3.08. The molecule has 1 fully saturated rings. The predicted molar refractivity (Wildman–Crippen MR) is 173 cm³/mol. The van der Waals surface area contributed by atoms with Gasteiger partial charge in [-0.05, 0) is 71.3 Å². The molecule has 1 aliphatic heterocycles. The van der Waals surface area contributed by atoms with E-state index in [-0.39, 0.29) is 40.0 Å². The molecule has 4 aromatic carbocycles. The molecule has 4 amide bonds. The van der Waals surface area contributed by atoms with Crippen molar-refractivity contribution in [1.82, 2.24) is 5.32 Å². The third-order valence-corrected chi connectivity index (χ3v) is 7.34. The average molecular weight is 657 g/mol. The molecule has 5 rings (SSSR count). The summed E-state index contributed by atoms with van der Waals surface area (Å²) in [5.41, 5.74) is 2.18. The van der Waals surface area contributed by atoms with Crippen molar-refractivity contribution in [1.29, 1.82) is 0 Å². The van der Waals surface area contributed by atoms with Gasteiger partial charge in [-0.15, -0.1) is 0 Å². The van der Waals surface area contributed by atoms with E-state index in [1.807, 2.05) is 36.4 Å². The second-order valence-electron chi connectivity index (χ2n) is 10.1. The van der Waals surface area contributed by atoms with Gasteiger partial charge in [0.25, 0.3) is 11.8 Å². The van der Waals surface area contributed by atoms with Crippen LogP contribution in [0.5, 0.6) is 23.0 Å². The van der Waals surface area contributed by atoms with Gasteiger partial charge in [0.1, 0.15) is 18.8 Å². The summed E-state index contributed by atoms with van der Waals surface area (Å²) in [6, 6.07) is 22.9. The molecule has 4 aromatic rings. The van der Waals surface area contributed by atoms with Crippen LogP contribution in [0.3, 0.4) is 0 Å². The lowest BCUT2D eigenvalue weighted by atomic mass is 10.1. The molecule has 0 bridgehead atoms. The fraction of sp³-hybridized carbons (Fsp3) is 0.143. The number of carbonyl (C=O) groups is 4. The van der Waals surface area contributed by atoms with Crippen molar-refractivity contribution in [3.8, 4) is 23.0 Å². The molecule has 0 aromatic heterocycles. The molecule has 12 heteroatoms. The summed E-state index contributed by atoms with van der Waals surface area (Å²) in [6.45, 7) is 0.493. The van der Waals surface area contributed by atoms with Crippen LogP contribution in [-0.4, -0.2) is 45.1 Å². The van der Waals surface area contributed by atoms with Gasteiger partial charge in [-0.25, -0.2) is 14.5 Å². The number of barbiturate groups is 1. The number of methoxy groups -OCH3 is 3. The summed E-state index contributed by atoms with van der Waals surface area (Å²) < 4.78 is 27.7. The number of rotatable bonds is 11. The number of imide groups is 2. The Labute approximate surface area is 275 Å². The SMILES string of the molecule is COC(=O)c1ccc(N2C(=O)NC(=O)/C(=C/c3cc(Cl)c(OCc4ccc(OCc5ccccc5)c(OC)c4)c(OC)c3)C2=O)cc1. The van der Waals surface area contributed by atoms with Crippen molar-refractivity contribution in [2.75, 3.05) is 26.2 Å². The van der Waals surface area contributed by atoms with Gasteiger partial charge in [-0.1, -0.05) is 48.0 Å². The predicted octanol–water partition coefficient (Wildman–Crippen LogP) is 5.97. The zero-order valence-electron chi connectivity index (χ0n) is 25.6. The maximum atomic E-state index is 13.4. The van der Waals surface area contributed by atoms with Crippen molar-refractivity contribution in [3.05, 3.63) is 118 Å². The Morgan fingerprint density at radius 3 is 2.17 bits per heavy atom. The first-order valence-corrected chi connectivity index (χ1v) is 14.5. The van der Waals surface area contributed by atoms with E-state index in [4.69, 9.17) is 30.5 Å². The standard InChI is InChI=1S/C35H29ClN2O9/c1-43-29-17-22(9-14-28(29)46-19-21-7-5-4-6-8-21)20-47-31-27(36)16-23(18-30(31)44-2)15-26-32(39)37-35(42)38(33(26)40)25-12-10-24(11-13-25)34(41)45-3/h4-18H,19-20H2,1-3H3,(H,37,39,42)/b26-15-. The van der Waals surface area contributed by atoms with Crippen LogP contribution in [0.15, 0.2) is 90.5 Å². The molecule has 0 aliphatic carbocycles. The lowest BCUT2D eigenvalue weighted by molar-refractivity contribution is -0.122. The topological polar surface area (TPSA) is 130 Å². The molecule has 47 heavy (non-hydrogen) atoms. The molecule has 1 aliphatic rings. The highest BCUT2D eigenvalue weighted by Crippen LogP contribution is 2.38. The number of esters is 1. The quantitative estimate of drug-likeness (QED) is 0.118. The molecule has 1 heterocycles. The zero-order valence-corrected chi connectivity index (χ0v) is 26.3. The van der Waals surface area contributed by atoms with E-state index in [1.54, 1.807) is 25.3 Å². The summed E-state index contributed by atoms with van der Waals surface area (Å²) in [7, 11) is 4.21. The Morgan fingerprint density at radius 1 is 0.787 bits per heavy atom. The molecule has 1 saturated heterocycles. The molecule has 240 valence electrons. The fourth-order valence-corrected chi connectivity index (χ4v) is 4.97. The highest BCUT2D eigenvalue weighted by atomic mass is 35.5. The van der Waals surface area contributed by atoms with Crippen molar-refractivity contribution in [2.45, 2.75) is 13.2 Å². The second kappa shape index (κ2) is 14.5. The van der Waals surface area contributed by atoms with Gasteiger partial charge in [0, 0.05) is 0 Å². The third-order valence-electron chi connectivity index (χ3n) is 7.06. The molecule has 0 radical (unpaired) electrons. The number of hydrogen-bond acceptors (Lipinski definition) is 9. The summed E-state index contributed by atoms with van der Waals surface area (Å²) in [5, 5.41) is 2.31. The second-order valence-corrected chi connectivity index (χ2v) is 10.5. The third kappa shape index (κ3) is 7.37. The largest absolute Gasteiger partial charge is 0.493 e. The van der Waals surface area contributed by atoms with Gasteiger partial charge in [0.05, 0.1) is 37.6 Å². The number of hydrogen-bond donors (Lipinski definition) is 1. The Hall–Kier alpha value is -5.81. The Bertz CT molecular complexity index is 1860. The smallest absolute Gasteiger partial charge is 0.337 e. The first-order chi connectivity index (χ1) is 22.7. The van der Waals surface area contributed by atoms with Crippen LogP contribution < -0.4 is 29.2 Å². The first kappa shape index (κ1) is 32.6. The highest BCUT2D eigenvalue weighted by Gasteiger charge is 2.37. The van der Waals surface area contributed by atoms with Crippen LogP contribution in [0.4, 0.5) is 10.5 Å². The number of nitrogens with one attached hydrogen (secondary N) is 1. The van der Waals surface area contributed by atoms with E-state index in [0.717, 1.165) is 16.0 Å². The number of urea groups is 1. The maximum absolute atomic E-state index is 13.4. The minimum Gasteiger partial charge on any atom is -0.493 e. The Balaban J connectivity index is 1.33. The highest BCUT2D eigenvalue weighted by molar-refractivity contribution is 6.39. The number of carbonyl (C=O) groups excluding carboxylic acids is 4. The summed E-state index contributed by atoms with van der Waals surface area (Å²) in [6.07, 6.45) is 1.29. The number of benzene rings is 4. The zero-order chi connectivity index (χ0) is 33.5. The van der Waals surface area contributed by atoms with E-state index in [9.17, 15) is 19.2 Å². The van der Waals surface area contributed by atoms with E-state index in [2.05, 4.69) is 10.1 Å². The van der Waals surface area contributed by atoms with E-state index in [1.165, 1.54) is 50.6 Å². The molecule has 11 nitrogen and oxygen atoms in total. The Morgan fingerprint density at radius 2 is 1.49 bits per heavy atom. The lowest BCUT2D eigenvalue weighted by Crippen LogP contribution is -2.54. The van der Waals surface area contributed by atoms with E-state index < -0.39 is 23.8 Å². The molecular formula is C35H29ClN2O9. The number of nitrogens with zero attached hydrogens (tertiary/aromatic N) is 1. The summed E-state index contributed by atoms with van der Waals surface area (Å²) in [4.78, 5) is 51.2. The first-order valence-electron chi connectivity index (χ1n) is 14.2. The summed E-state index contributed by atoms with van der Waals surface area (Å²) in [5.74, 6) is -0.747. The number of ether oxygens (including phenoxy) is 5. The van der Waals surface area contributed by atoms with Crippen molar-refractivity contribution in [2.24, 2.45) is 0 Å². The number of halogens is 1. The molecule has 0 unspecified atom stereocenters. The molecule has 1 N–H and O–H groups in total. The van der Waals surface area contributed by atoms with Crippen LogP contribution in [0.25, 0.3) is 6.08 Å². The monoisotopic (exact) mass is 656 g/mol. The number of amides is 4. The lowest BCUT2D eigenvalue weighted by Gasteiger charge is -2.26. The van der Waals surface area contributed by atoms with Gasteiger partial charge in [0.15, 0.2) is 23.0 Å². The normalized spacial score (nSPS) is 13.7. The van der Waals surface area contributed by atoms with Gasteiger partial charge >= 0.3 is 12.0 Å². The van der Waals surface area contributed by atoms with Crippen LogP contribution in [0.2, 0.25) is 5.02 Å². The molecule has 0 saturated carbocycles. The summed E-state index contributed by atoms with van der Waals surface area (Å²) >= 11 is 6.59. The van der Waals surface area contributed by atoms with Crippen LogP contribution in [-0.2, 0) is 27.5 Å². The molecular weight excluding hydrogens is 628 g/mol. The minimum absolute atomic E-state index is 0.110. The van der Waals surface area contributed by atoms with Crippen molar-refractivity contribution in [3.63, 3.8) is 0 Å². The van der Waals surface area contributed by atoms with Crippen LogP contribution >= 0.6 is 11.6 Å². The minimum atomic E-state index is -0.935. The van der Waals surface area contributed by atoms with Gasteiger partial charge < -0.3 is 23.7 Å². The molecule has 0 atom stereocenters. The molecule has 0 spiro atoms. The van der Waals surface area contributed by atoms with Gasteiger partial charge in [-0.3, -0.25) is 14.9 Å². The van der Waals surface area contributed by atoms with Gasteiger partial charge in [-0.2, -0.15) is 0 Å². The number of anilines is 1. The van der Waals surface area contributed by atoms with E-state index in [0.29, 0.717) is 23.7 Å². The van der Waals surface area contributed by atoms with Gasteiger partial charge in [0.2, 0.25) is 0 Å². The Kier molecular flexibility index (Phi) is 10.1. The van der Waals surface area contributed by atoms with Crippen LogP contribution in [0, 0.1) is 0 Å². The maximum Gasteiger partial charge on any atom is 0.337 e. The van der Waals surface area contributed by atoms with E-state index >= 15 is 0 Å². The van der Waals surface area contributed by atoms with Crippen LogP contribution in [0.1, 0.15) is 27.0 Å². The van der Waals surface area contributed by atoms with Crippen molar-refractivity contribution >= 4 is 47.2 Å².